The van der Waals surface area contributed by atoms with E-state index in [4.69, 9.17) is 4.98 Å². The number of hydrogen-bond acceptors (Lipinski definition) is 4. The van der Waals surface area contributed by atoms with Crippen molar-refractivity contribution < 1.29 is 4.79 Å². The third kappa shape index (κ3) is 5.82. The van der Waals surface area contributed by atoms with Gasteiger partial charge in [0.05, 0.1) is 22.8 Å². The van der Waals surface area contributed by atoms with Gasteiger partial charge in [-0.3, -0.25) is 4.79 Å². The van der Waals surface area contributed by atoms with Gasteiger partial charge < -0.3 is 9.80 Å². The first-order valence-electron chi connectivity index (χ1n) is 12.8. The van der Waals surface area contributed by atoms with Gasteiger partial charge in [0, 0.05) is 31.7 Å². The van der Waals surface area contributed by atoms with E-state index in [1.165, 1.54) is 18.4 Å². The van der Waals surface area contributed by atoms with Gasteiger partial charge in [-0.05, 0) is 57.1 Å². The largest absolute Gasteiger partial charge is 0.337 e. The normalized spacial score (nSPS) is 11.5. The molecule has 0 radical (unpaired) electrons. The molecule has 0 spiro atoms. The van der Waals surface area contributed by atoms with Gasteiger partial charge in [-0.2, -0.15) is 5.10 Å². The van der Waals surface area contributed by atoms with Crippen molar-refractivity contribution in [3.8, 4) is 11.3 Å². The summed E-state index contributed by atoms with van der Waals surface area (Å²) in [4.78, 5) is 22.8. The number of unbranched alkanes of at least 4 members (excludes halogenated alkanes) is 1. The SMILES string of the molecule is CCCCN(C)Cc1cccc(-c2cc(C(=O)N(C)Cc3ccccc3)c3cnn(C(C)C)c3n2)c1. The number of pyridine rings is 1. The van der Waals surface area contributed by atoms with Gasteiger partial charge in [0.15, 0.2) is 5.65 Å². The van der Waals surface area contributed by atoms with Crippen molar-refractivity contribution >= 4 is 16.9 Å². The fraction of sp³-hybridized carbons (Fsp3) is 0.367. The van der Waals surface area contributed by atoms with Crippen molar-refractivity contribution in [2.45, 2.75) is 52.7 Å². The summed E-state index contributed by atoms with van der Waals surface area (Å²) in [6.07, 6.45) is 4.15. The maximum atomic E-state index is 13.7. The third-order valence-electron chi connectivity index (χ3n) is 6.46. The lowest BCUT2D eigenvalue weighted by Crippen LogP contribution is -2.26. The van der Waals surface area contributed by atoms with E-state index < -0.39 is 0 Å². The van der Waals surface area contributed by atoms with Crippen LogP contribution in [0.1, 0.15) is 61.1 Å². The number of aromatic nitrogens is 3. The van der Waals surface area contributed by atoms with E-state index in [9.17, 15) is 4.79 Å². The van der Waals surface area contributed by atoms with Crippen molar-refractivity contribution in [1.29, 1.82) is 0 Å². The van der Waals surface area contributed by atoms with Crippen LogP contribution in [0.2, 0.25) is 0 Å². The van der Waals surface area contributed by atoms with Crippen LogP contribution in [0, 0.1) is 0 Å². The lowest BCUT2D eigenvalue weighted by atomic mass is 10.0. The predicted molar refractivity (Wildman–Crippen MR) is 147 cm³/mol. The van der Waals surface area contributed by atoms with E-state index >= 15 is 0 Å². The highest BCUT2D eigenvalue weighted by Gasteiger charge is 2.21. The molecular weight excluding hydrogens is 446 g/mol. The molecule has 6 heteroatoms. The number of nitrogens with zero attached hydrogens (tertiary/aromatic N) is 5. The van der Waals surface area contributed by atoms with Crippen LogP contribution in [0.15, 0.2) is 66.9 Å². The second kappa shape index (κ2) is 11.5. The smallest absolute Gasteiger partial charge is 0.254 e. The molecule has 0 unspecified atom stereocenters. The van der Waals surface area contributed by atoms with Gasteiger partial charge >= 0.3 is 0 Å². The molecule has 0 aliphatic carbocycles. The molecule has 2 aromatic carbocycles. The zero-order valence-electron chi connectivity index (χ0n) is 22.1. The number of benzene rings is 2. The molecule has 4 rings (SSSR count). The summed E-state index contributed by atoms with van der Waals surface area (Å²) in [6.45, 7) is 8.87. The van der Waals surface area contributed by atoms with Crippen molar-refractivity contribution in [2.24, 2.45) is 0 Å². The summed E-state index contributed by atoms with van der Waals surface area (Å²) in [5, 5.41) is 5.36. The van der Waals surface area contributed by atoms with Crippen LogP contribution in [0.25, 0.3) is 22.3 Å². The van der Waals surface area contributed by atoms with Gasteiger partial charge in [-0.1, -0.05) is 61.9 Å². The van der Waals surface area contributed by atoms with Crippen LogP contribution >= 0.6 is 0 Å². The van der Waals surface area contributed by atoms with Gasteiger partial charge in [-0.25, -0.2) is 9.67 Å². The van der Waals surface area contributed by atoms with Crippen LogP contribution in [0.5, 0.6) is 0 Å². The number of hydrogen-bond donors (Lipinski definition) is 0. The second-order valence-electron chi connectivity index (χ2n) is 9.91. The van der Waals surface area contributed by atoms with Gasteiger partial charge in [0.25, 0.3) is 5.91 Å². The van der Waals surface area contributed by atoms with Crippen LogP contribution in [-0.4, -0.2) is 51.1 Å². The summed E-state index contributed by atoms with van der Waals surface area (Å²) in [6, 6.07) is 20.6. The maximum Gasteiger partial charge on any atom is 0.254 e. The average molecular weight is 484 g/mol. The molecule has 2 aromatic heterocycles. The van der Waals surface area contributed by atoms with Gasteiger partial charge in [-0.15, -0.1) is 0 Å². The van der Waals surface area contributed by atoms with E-state index in [2.05, 4.69) is 62.1 Å². The fourth-order valence-electron chi connectivity index (χ4n) is 4.50. The van der Waals surface area contributed by atoms with E-state index in [0.29, 0.717) is 12.1 Å². The lowest BCUT2D eigenvalue weighted by Gasteiger charge is -2.19. The summed E-state index contributed by atoms with van der Waals surface area (Å²) >= 11 is 0. The molecule has 4 aromatic rings. The summed E-state index contributed by atoms with van der Waals surface area (Å²) in [5.74, 6) is -0.0359. The Morgan fingerprint density at radius 1 is 0.972 bits per heavy atom. The highest BCUT2D eigenvalue weighted by molar-refractivity contribution is 6.06. The monoisotopic (exact) mass is 483 g/mol. The minimum atomic E-state index is -0.0359. The first-order valence-corrected chi connectivity index (χ1v) is 12.8. The highest BCUT2D eigenvalue weighted by Crippen LogP contribution is 2.28. The summed E-state index contributed by atoms with van der Waals surface area (Å²) in [7, 11) is 4.01. The van der Waals surface area contributed by atoms with Crippen LogP contribution in [-0.2, 0) is 13.1 Å². The Balaban J connectivity index is 1.72. The van der Waals surface area contributed by atoms with Gasteiger partial charge in [0.1, 0.15) is 0 Å². The number of fused-ring (bicyclic) bond motifs is 1. The average Bonchev–Trinajstić information content (AvgIpc) is 3.32. The molecule has 0 saturated carbocycles. The molecule has 188 valence electrons. The predicted octanol–water partition coefficient (Wildman–Crippen LogP) is 6.18. The quantitative estimate of drug-likeness (QED) is 0.270. The molecule has 2 heterocycles. The Labute approximate surface area is 214 Å². The first-order chi connectivity index (χ1) is 17.4. The number of carbonyl (C=O) groups excluding carboxylic acids is 1. The van der Waals surface area contributed by atoms with E-state index in [-0.39, 0.29) is 11.9 Å². The minimum absolute atomic E-state index is 0.0359. The Hall–Kier alpha value is -3.51. The molecule has 36 heavy (non-hydrogen) atoms. The summed E-state index contributed by atoms with van der Waals surface area (Å²) < 4.78 is 1.90. The molecule has 6 nitrogen and oxygen atoms in total. The second-order valence-corrected chi connectivity index (χ2v) is 9.91. The standard InChI is InChI=1S/C30H37N5O/c1-6-7-16-33(4)20-24-14-11-15-25(17-24)28-18-26(27-19-31-35(22(2)3)29(27)32-28)30(36)34(5)21-23-12-9-8-10-13-23/h8-15,17-19,22H,6-7,16,20-21H2,1-5H3. The third-order valence-corrected chi connectivity index (χ3v) is 6.46. The Kier molecular flexibility index (Phi) is 8.16. The summed E-state index contributed by atoms with van der Waals surface area (Å²) in [5.41, 5.74) is 5.50. The maximum absolute atomic E-state index is 13.7. The van der Waals surface area contributed by atoms with Crippen molar-refractivity contribution in [1.82, 2.24) is 24.6 Å². The number of rotatable bonds is 10. The van der Waals surface area contributed by atoms with E-state index in [0.717, 1.165) is 40.9 Å². The van der Waals surface area contributed by atoms with E-state index in [1.807, 2.05) is 48.1 Å². The van der Waals surface area contributed by atoms with Crippen molar-refractivity contribution in [3.05, 3.63) is 83.6 Å². The molecule has 0 atom stereocenters. The lowest BCUT2D eigenvalue weighted by molar-refractivity contribution is 0.0787. The Morgan fingerprint density at radius 3 is 2.44 bits per heavy atom. The Morgan fingerprint density at radius 2 is 1.72 bits per heavy atom. The molecule has 0 saturated heterocycles. The van der Waals surface area contributed by atoms with Crippen molar-refractivity contribution in [3.63, 3.8) is 0 Å². The van der Waals surface area contributed by atoms with Crippen molar-refractivity contribution in [2.75, 3.05) is 20.6 Å². The molecule has 1 amide bonds. The topological polar surface area (TPSA) is 54.3 Å². The van der Waals surface area contributed by atoms with Crippen LogP contribution in [0.4, 0.5) is 0 Å². The molecule has 0 N–H and O–H groups in total. The highest BCUT2D eigenvalue weighted by atomic mass is 16.2. The molecular formula is C30H37N5O. The Bertz CT molecular complexity index is 1310. The molecule has 0 fully saturated rings. The molecule has 0 bridgehead atoms. The zero-order chi connectivity index (χ0) is 25.7. The fourth-order valence-corrected chi connectivity index (χ4v) is 4.50. The zero-order valence-corrected chi connectivity index (χ0v) is 22.1. The van der Waals surface area contributed by atoms with E-state index in [1.54, 1.807) is 11.1 Å². The van der Waals surface area contributed by atoms with Gasteiger partial charge in [0.2, 0.25) is 0 Å². The molecule has 0 aliphatic rings. The molecule has 0 aliphatic heterocycles. The first kappa shape index (κ1) is 25.6. The number of amides is 1. The minimum Gasteiger partial charge on any atom is -0.337 e. The number of carbonyl (C=O) groups is 1. The van der Waals surface area contributed by atoms with Crippen LogP contribution in [0.3, 0.4) is 0 Å². The van der Waals surface area contributed by atoms with Crippen LogP contribution < -0.4 is 0 Å².